The summed E-state index contributed by atoms with van der Waals surface area (Å²) in [5, 5.41) is 2.71. The van der Waals surface area contributed by atoms with Gasteiger partial charge in [0.2, 0.25) is 5.91 Å². The van der Waals surface area contributed by atoms with Gasteiger partial charge >= 0.3 is 0 Å². The standard InChI is InChI=1S/C12H16N2O3/c1-8(13)12(15)14-9-3-4-10-11(7-9)17-6-2-5-16-10/h3-4,7-8H,2,5-6,13H2,1H3,(H,14,15). The van der Waals surface area contributed by atoms with Crippen molar-refractivity contribution in [3.05, 3.63) is 18.2 Å². The van der Waals surface area contributed by atoms with Gasteiger partial charge in [-0.05, 0) is 19.1 Å². The molecule has 0 radical (unpaired) electrons. The Hall–Kier alpha value is -1.75. The molecule has 1 aliphatic heterocycles. The lowest BCUT2D eigenvalue weighted by molar-refractivity contribution is -0.117. The highest BCUT2D eigenvalue weighted by molar-refractivity contribution is 5.94. The SMILES string of the molecule is CC(N)C(=O)Nc1ccc2c(c1)OCCCO2. The molecule has 0 fully saturated rings. The van der Waals surface area contributed by atoms with Crippen LogP contribution in [0.5, 0.6) is 11.5 Å². The average Bonchev–Trinajstić information content (AvgIpc) is 2.53. The summed E-state index contributed by atoms with van der Waals surface area (Å²) in [6, 6.07) is 4.78. The summed E-state index contributed by atoms with van der Waals surface area (Å²) >= 11 is 0. The summed E-state index contributed by atoms with van der Waals surface area (Å²) in [7, 11) is 0. The zero-order valence-electron chi connectivity index (χ0n) is 9.73. The van der Waals surface area contributed by atoms with Gasteiger partial charge in [-0.2, -0.15) is 0 Å². The summed E-state index contributed by atoms with van der Waals surface area (Å²) in [6.07, 6.45) is 0.857. The van der Waals surface area contributed by atoms with Crippen molar-refractivity contribution in [1.82, 2.24) is 0 Å². The molecule has 0 saturated heterocycles. The Kier molecular flexibility index (Phi) is 3.49. The fourth-order valence-corrected chi connectivity index (χ4v) is 1.50. The minimum Gasteiger partial charge on any atom is -0.490 e. The lowest BCUT2D eigenvalue weighted by Crippen LogP contribution is -2.32. The van der Waals surface area contributed by atoms with Gasteiger partial charge in [0.15, 0.2) is 11.5 Å². The number of benzene rings is 1. The van der Waals surface area contributed by atoms with Gasteiger partial charge in [-0.25, -0.2) is 0 Å². The molecule has 0 bridgehead atoms. The lowest BCUT2D eigenvalue weighted by Gasteiger charge is -2.11. The number of rotatable bonds is 2. The maximum atomic E-state index is 11.4. The number of ether oxygens (including phenoxy) is 2. The first-order valence-corrected chi connectivity index (χ1v) is 5.63. The fraction of sp³-hybridized carbons (Fsp3) is 0.417. The van der Waals surface area contributed by atoms with Gasteiger partial charge in [0.1, 0.15) is 0 Å². The van der Waals surface area contributed by atoms with E-state index in [0.29, 0.717) is 30.4 Å². The van der Waals surface area contributed by atoms with Crippen LogP contribution >= 0.6 is 0 Å². The molecule has 1 unspecified atom stereocenters. The third-order valence-corrected chi connectivity index (χ3v) is 2.43. The molecule has 92 valence electrons. The van der Waals surface area contributed by atoms with E-state index in [1.54, 1.807) is 25.1 Å². The Labute approximate surface area is 99.9 Å². The van der Waals surface area contributed by atoms with Crippen molar-refractivity contribution < 1.29 is 14.3 Å². The quantitative estimate of drug-likeness (QED) is 0.807. The Balaban J connectivity index is 2.15. The Morgan fingerprint density at radius 2 is 2.06 bits per heavy atom. The van der Waals surface area contributed by atoms with E-state index in [4.69, 9.17) is 15.2 Å². The average molecular weight is 236 g/mol. The molecule has 1 atom stereocenters. The number of carbonyl (C=O) groups is 1. The van der Waals surface area contributed by atoms with Crippen molar-refractivity contribution in [1.29, 1.82) is 0 Å². The van der Waals surface area contributed by atoms with Crippen molar-refractivity contribution in [2.45, 2.75) is 19.4 Å². The van der Waals surface area contributed by atoms with Gasteiger partial charge in [0, 0.05) is 18.2 Å². The molecule has 1 aromatic rings. The third-order valence-electron chi connectivity index (χ3n) is 2.43. The zero-order chi connectivity index (χ0) is 12.3. The maximum Gasteiger partial charge on any atom is 0.241 e. The molecular formula is C12H16N2O3. The van der Waals surface area contributed by atoms with Gasteiger partial charge in [-0.15, -0.1) is 0 Å². The Morgan fingerprint density at radius 3 is 2.76 bits per heavy atom. The second-order valence-corrected chi connectivity index (χ2v) is 3.99. The predicted molar refractivity (Wildman–Crippen MR) is 64.3 cm³/mol. The Bertz CT molecular complexity index is 418. The van der Waals surface area contributed by atoms with E-state index in [0.717, 1.165) is 6.42 Å². The molecule has 0 aliphatic carbocycles. The summed E-state index contributed by atoms with van der Waals surface area (Å²) in [4.78, 5) is 11.4. The molecule has 1 heterocycles. The minimum absolute atomic E-state index is 0.223. The van der Waals surface area contributed by atoms with E-state index < -0.39 is 6.04 Å². The third kappa shape index (κ3) is 2.88. The molecule has 5 nitrogen and oxygen atoms in total. The van der Waals surface area contributed by atoms with Crippen LogP contribution in [-0.4, -0.2) is 25.2 Å². The van der Waals surface area contributed by atoms with Crippen LogP contribution in [0.2, 0.25) is 0 Å². The van der Waals surface area contributed by atoms with E-state index in [-0.39, 0.29) is 5.91 Å². The summed E-state index contributed by atoms with van der Waals surface area (Å²) in [5.41, 5.74) is 6.14. The van der Waals surface area contributed by atoms with E-state index in [1.807, 2.05) is 0 Å². The van der Waals surface area contributed by atoms with Crippen LogP contribution in [-0.2, 0) is 4.79 Å². The summed E-state index contributed by atoms with van der Waals surface area (Å²) < 4.78 is 11.0. The second kappa shape index (κ2) is 5.05. The highest BCUT2D eigenvalue weighted by Crippen LogP contribution is 2.32. The molecule has 2 rings (SSSR count). The molecule has 17 heavy (non-hydrogen) atoms. The molecule has 0 aromatic heterocycles. The van der Waals surface area contributed by atoms with Crippen molar-refractivity contribution in [2.75, 3.05) is 18.5 Å². The van der Waals surface area contributed by atoms with Crippen molar-refractivity contribution in [2.24, 2.45) is 5.73 Å². The van der Waals surface area contributed by atoms with Crippen LogP contribution in [0.3, 0.4) is 0 Å². The Morgan fingerprint density at radius 1 is 1.35 bits per heavy atom. The number of nitrogens with two attached hydrogens (primary N) is 1. The number of amides is 1. The van der Waals surface area contributed by atoms with E-state index in [2.05, 4.69) is 5.32 Å². The number of hydrogen-bond acceptors (Lipinski definition) is 4. The molecule has 5 heteroatoms. The van der Waals surface area contributed by atoms with Gasteiger partial charge in [-0.1, -0.05) is 0 Å². The maximum absolute atomic E-state index is 11.4. The topological polar surface area (TPSA) is 73.6 Å². The molecule has 1 aliphatic rings. The van der Waals surface area contributed by atoms with Crippen LogP contribution in [0.1, 0.15) is 13.3 Å². The van der Waals surface area contributed by atoms with Crippen LogP contribution in [0.15, 0.2) is 18.2 Å². The first-order chi connectivity index (χ1) is 8.16. The van der Waals surface area contributed by atoms with Crippen molar-refractivity contribution >= 4 is 11.6 Å². The number of fused-ring (bicyclic) bond motifs is 1. The second-order valence-electron chi connectivity index (χ2n) is 3.99. The first kappa shape index (κ1) is 11.7. The number of carbonyl (C=O) groups excluding carboxylic acids is 1. The van der Waals surface area contributed by atoms with Crippen molar-refractivity contribution in [3.8, 4) is 11.5 Å². The lowest BCUT2D eigenvalue weighted by atomic mass is 10.2. The molecule has 0 saturated carbocycles. The monoisotopic (exact) mass is 236 g/mol. The van der Waals surface area contributed by atoms with Crippen LogP contribution in [0.25, 0.3) is 0 Å². The first-order valence-electron chi connectivity index (χ1n) is 5.63. The summed E-state index contributed by atoms with van der Waals surface area (Å²) in [6.45, 7) is 2.91. The molecule has 1 amide bonds. The minimum atomic E-state index is -0.536. The van der Waals surface area contributed by atoms with E-state index >= 15 is 0 Å². The molecule has 3 N–H and O–H groups in total. The zero-order valence-corrected chi connectivity index (χ0v) is 9.73. The highest BCUT2D eigenvalue weighted by Gasteiger charge is 2.13. The molecular weight excluding hydrogens is 220 g/mol. The van der Waals surface area contributed by atoms with E-state index in [9.17, 15) is 4.79 Å². The fourth-order valence-electron chi connectivity index (χ4n) is 1.50. The predicted octanol–water partition coefficient (Wildman–Crippen LogP) is 1.13. The number of anilines is 1. The van der Waals surface area contributed by atoms with Crippen LogP contribution in [0.4, 0.5) is 5.69 Å². The smallest absolute Gasteiger partial charge is 0.241 e. The van der Waals surface area contributed by atoms with Gasteiger partial charge in [0.05, 0.1) is 19.3 Å². The molecule has 1 aromatic carbocycles. The highest BCUT2D eigenvalue weighted by atomic mass is 16.5. The van der Waals surface area contributed by atoms with Gasteiger partial charge in [-0.3, -0.25) is 4.79 Å². The van der Waals surface area contributed by atoms with E-state index in [1.165, 1.54) is 0 Å². The van der Waals surface area contributed by atoms with Crippen LogP contribution in [0, 0.1) is 0 Å². The van der Waals surface area contributed by atoms with Crippen molar-refractivity contribution in [3.63, 3.8) is 0 Å². The van der Waals surface area contributed by atoms with Crippen LogP contribution < -0.4 is 20.5 Å². The molecule has 0 spiro atoms. The normalized spacial score (nSPS) is 15.9. The van der Waals surface area contributed by atoms with Gasteiger partial charge < -0.3 is 20.5 Å². The largest absolute Gasteiger partial charge is 0.490 e. The number of hydrogen-bond donors (Lipinski definition) is 2. The summed E-state index contributed by atoms with van der Waals surface area (Å²) in [5.74, 6) is 1.14. The van der Waals surface area contributed by atoms with Gasteiger partial charge in [0.25, 0.3) is 0 Å². The number of nitrogens with one attached hydrogen (secondary N) is 1.